The van der Waals surface area contributed by atoms with Crippen molar-refractivity contribution in [3.63, 3.8) is 0 Å². The summed E-state index contributed by atoms with van der Waals surface area (Å²) in [6.07, 6.45) is 3.48. The van der Waals surface area contributed by atoms with Crippen molar-refractivity contribution in [1.82, 2.24) is 25.5 Å². The number of anilines is 1. The molecule has 2 aromatic carbocycles. The Morgan fingerprint density at radius 3 is 2.52 bits per heavy atom. The number of nitrogens with zero attached hydrogens (tertiary/aromatic N) is 4. The molecule has 0 unspecified atom stereocenters. The molecule has 0 atom stereocenters. The number of aryl methyl sites for hydroxylation is 1. The van der Waals surface area contributed by atoms with Crippen LogP contribution in [0, 0.1) is 6.92 Å². The predicted molar refractivity (Wildman–Crippen MR) is 120 cm³/mol. The first-order valence-electron chi connectivity index (χ1n) is 10.4. The van der Waals surface area contributed by atoms with E-state index in [-0.39, 0.29) is 17.6 Å². The number of amides is 2. The molecule has 1 fully saturated rings. The Kier molecular flexibility index (Phi) is 6.53. The Morgan fingerprint density at radius 2 is 1.82 bits per heavy atom. The van der Waals surface area contributed by atoms with E-state index in [9.17, 15) is 14.4 Å². The number of aromatic nitrogens is 4. The number of tetrazole rings is 1. The molecule has 1 heterocycles. The molecule has 10 nitrogen and oxygen atoms in total. The van der Waals surface area contributed by atoms with E-state index in [1.807, 2.05) is 30.3 Å². The van der Waals surface area contributed by atoms with E-state index in [2.05, 4.69) is 26.2 Å². The summed E-state index contributed by atoms with van der Waals surface area (Å²) in [6, 6.07) is 16.0. The Labute approximate surface area is 189 Å². The highest BCUT2D eigenvalue weighted by atomic mass is 16.5. The fourth-order valence-corrected chi connectivity index (χ4v) is 3.04. The summed E-state index contributed by atoms with van der Waals surface area (Å²) in [6.45, 7) is 1.09. The molecule has 10 heteroatoms. The van der Waals surface area contributed by atoms with Gasteiger partial charge < -0.3 is 15.4 Å². The maximum Gasteiger partial charge on any atom is 0.357 e. The lowest BCUT2D eigenvalue weighted by Gasteiger charge is -2.12. The molecule has 1 saturated carbocycles. The summed E-state index contributed by atoms with van der Waals surface area (Å²) < 4.78 is 6.47. The third-order valence-corrected chi connectivity index (χ3v) is 4.86. The van der Waals surface area contributed by atoms with E-state index in [4.69, 9.17) is 4.74 Å². The van der Waals surface area contributed by atoms with Crippen LogP contribution in [0.2, 0.25) is 0 Å². The number of carbonyl (C=O) groups excluding carboxylic acids is 3. The third kappa shape index (κ3) is 5.67. The van der Waals surface area contributed by atoms with Crippen LogP contribution in [0.3, 0.4) is 0 Å². The molecule has 168 valence electrons. The van der Waals surface area contributed by atoms with E-state index >= 15 is 0 Å². The molecule has 1 aliphatic rings. The zero-order chi connectivity index (χ0) is 23.2. The Morgan fingerprint density at radius 1 is 1.09 bits per heavy atom. The number of para-hydroxylation sites is 1. The van der Waals surface area contributed by atoms with Crippen molar-refractivity contribution in [2.45, 2.75) is 25.8 Å². The number of nitrogens with one attached hydrogen (secondary N) is 2. The summed E-state index contributed by atoms with van der Waals surface area (Å²) in [4.78, 5) is 37.7. The van der Waals surface area contributed by atoms with Crippen LogP contribution in [0.15, 0.2) is 54.6 Å². The number of benzene rings is 2. The SMILES string of the molecule is Cc1nnnn1C(=Cc1ccccc1)C(=O)OCC(=O)Nc1ccccc1C(=O)NC1CC1. The highest BCUT2D eigenvalue weighted by molar-refractivity contribution is 6.16. The average Bonchev–Trinajstić information content (AvgIpc) is 3.54. The number of hydrogen-bond donors (Lipinski definition) is 2. The van der Waals surface area contributed by atoms with Gasteiger partial charge in [0.15, 0.2) is 18.1 Å². The largest absolute Gasteiger partial charge is 0.451 e. The molecule has 0 bridgehead atoms. The van der Waals surface area contributed by atoms with Crippen molar-refractivity contribution in [1.29, 1.82) is 0 Å². The number of esters is 1. The van der Waals surface area contributed by atoms with Gasteiger partial charge in [0.25, 0.3) is 11.8 Å². The van der Waals surface area contributed by atoms with Gasteiger partial charge in [0.1, 0.15) is 0 Å². The fourth-order valence-electron chi connectivity index (χ4n) is 3.04. The van der Waals surface area contributed by atoms with Gasteiger partial charge in [-0.25, -0.2) is 4.79 Å². The van der Waals surface area contributed by atoms with Gasteiger partial charge in [-0.05, 0) is 54.0 Å². The van der Waals surface area contributed by atoms with Gasteiger partial charge in [0.05, 0.1) is 11.3 Å². The first-order valence-corrected chi connectivity index (χ1v) is 10.4. The molecule has 1 aliphatic carbocycles. The van der Waals surface area contributed by atoms with Gasteiger partial charge >= 0.3 is 5.97 Å². The summed E-state index contributed by atoms with van der Waals surface area (Å²) in [5, 5.41) is 16.7. The van der Waals surface area contributed by atoms with Crippen LogP contribution in [-0.2, 0) is 14.3 Å². The zero-order valence-electron chi connectivity index (χ0n) is 17.9. The molecule has 4 rings (SSSR count). The highest BCUT2D eigenvalue weighted by Crippen LogP contribution is 2.21. The molecule has 0 spiro atoms. The minimum absolute atomic E-state index is 0.0562. The fraction of sp³-hybridized carbons (Fsp3) is 0.217. The average molecular weight is 446 g/mol. The van der Waals surface area contributed by atoms with Gasteiger partial charge in [-0.3, -0.25) is 9.59 Å². The Hall–Kier alpha value is -4.34. The van der Waals surface area contributed by atoms with Crippen LogP contribution in [0.1, 0.15) is 34.6 Å². The Balaban J connectivity index is 1.44. The van der Waals surface area contributed by atoms with Gasteiger partial charge in [0, 0.05) is 6.04 Å². The van der Waals surface area contributed by atoms with Gasteiger partial charge in [-0.1, -0.05) is 42.5 Å². The minimum atomic E-state index is -0.774. The summed E-state index contributed by atoms with van der Waals surface area (Å²) >= 11 is 0. The smallest absolute Gasteiger partial charge is 0.357 e. The van der Waals surface area contributed by atoms with Crippen LogP contribution in [0.25, 0.3) is 11.8 Å². The van der Waals surface area contributed by atoms with Crippen molar-refractivity contribution >= 4 is 35.2 Å². The van der Waals surface area contributed by atoms with E-state index in [1.54, 1.807) is 37.3 Å². The van der Waals surface area contributed by atoms with Crippen molar-refractivity contribution in [2.75, 3.05) is 11.9 Å². The second-order valence-electron chi connectivity index (χ2n) is 7.50. The van der Waals surface area contributed by atoms with Crippen molar-refractivity contribution in [2.24, 2.45) is 0 Å². The second kappa shape index (κ2) is 9.86. The van der Waals surface area contributed by atoms with Crippen LogP contribution in [-0.4, -0.2) is 50.6 Å². The molecule has 33 heavy (non-hydrogen) atoms. The molecule has 2 N–H and O–H groups in total. The third-order valence-electron chi connectivity index (χ3n) is 4.86. The summed E-state index contributed by atoms with van der Waals surface area (Å²) in [5.74, 6) is -1.23. The summed E-state index contributed by atoms with van der Waals surface area (Å²) in [7, 11) is 0. The quantitative estimate of drug-likeness (QED) is 0.400. The maximum absolute atomic E-state index is 12.8. The van der Waals surface area contributed by atoms with Crippen LogP contribution >= 0.6 is 0 Å². The second-order valence-corrected chi connectivity index (χ2v) is 7.50. The first-order chi connectivity index (χ1) is 16.0. The van der Waals surface area contributed by atoms with Crippen LogP contribution < -0.4 is 10.6 Å². The zero-order valence-corrected chi connectivity index (χ0v) is 17.9. The number of carbonyl (C=O) groups is 3. The van der Waals surface area contributed by atoms with Crippen molar-refractivity contribution < 1.29 is 19.1 Å². The molecular formula is C23H22N6O4. The molecule has 0 aliphatic heterocycles. The monoisotopic (exact) mass is 446 g/mol. The lowest BCUT2D eigenvalue weighted by atomic mass is 10.1. The molecular weight excluding hydrogens is 424 g/mol. The number of hydrogen-bond acceptors (Lipinski definition) is 7. The van der Waals surface area contributed by atoms with Crippen LogP contribution in [0.5, 0.6) is 0 Å². The molecule has 2 amide bonds. The van der Waals surface area contributed by atoms with Crippen molar-refractivity contribution in [3.8, 4) is 0 Å². The lowest BCUT2D eigenvalue weighted by Crippen LogP contribution is -2.28. The Bertz CT molecular complexity index is 1200. The van der Waals surface area contributed by atoms with Crippen LogP contribution in [0.4, 0.5) is 5.69 Å². The standard InChI is InChI=1S/C23H22N6O4/c1-15-26-27-28-29(15)20(13-16-7-3-2-4-8-16)23(32)33-14-21(30)25-19-10-6-5-9-18(19)22(31)24-17-11-12-17/h2-10,13,17H,11-12,14H2,1H3,(H,24,31)(H,25,30). The molecule has 3 aromatic rings. The predicted octanol–water partition coefficient (Wildman–Crippen LogP) is 2.05. The van der Waals surface area contributed by atoms with E-state index in [0.29, 0.717) is 17.1 Å². The van der Waals surface area contributed by atoms with Crippen molar-refractivity contribution in [3.05, 3.63) is 71.5 Å². The topological polar surface area (TPSA) is 128 Å². The molecule has 0 saturated heterocycles. The molecule has 1 aromatic heterocycles. The van der Waals surface area contributed by atoms with E-state index in [0.717, 1.165) is 18.4 Å². The van der Waals surface area contributed by atoms with Gasteiger partial charge in [-0.2, -0.15) is 4.68 Å². The molecule has 0 radical (unpaired) electrons. The van der Waals surface area contributed by atoms with E-state index < -0.39 is 18.5 Å². The lowest BCUT2D eigenvalue weighted by molar-refractivity contribution is -0.141. The van der Waals surface area contributed by atoms with Gasteiger partial charge in [0.2, 0.25) is 0 Å². The van der Waals surface area contributed by atoms with Gasteiger partial charge in [-0.15, -0.1) is 5.10 Å². The maximum atomic E-state index is 12.8. The normalized spacial score (nSPS) is 13.3. The minimum Gasteiger partial charge on any atom is -0.451 e. The number of ether oxygens (including phenoxy) is 1. The van der Waals surface area contributed by atoms with E-state index in [1.165, 1.54) is 4.68 Å². The summed E-state index contributed by atoms with van der Waals surface area (Å²) in [5.41, 5.74) is 1.48. The highest BCUT2D eigenvalue weighted by Gasteiger charge is 2.25. The number of rotatable bonds is 8. The first kappa shape index (κ1) is 21.9.